The Labute approximate surface area is 512 Å². The minimum Gasteiger partial charge on any atom is -0.497 e. The maximum absolute atomic E-state index is 14.0. The predicted molar refractivity (Wildman–Crippen MR) is 329 cm³/mol. The SMILES string of the molecule is COc1ccc(C(OC[C@]2(CO[Si](C(C)C)(C(C)C)C(C)C)CN(CCOCCOC[C@H]3O[C@@H](n4cnc5c(=O)[nH]c(NC(=O)C(C)C)nc54)[C@H](OC(C)=O)[C@@H]3OC(C)=O)C[C@H](n3cc(C)c(=O)[nH]c3=O)O2)(c2ccccc2)c2ccc(OC)cc2)cc1. The van der Waals surface area contributed by atoms with Gasteiger partial charge in [-0.1, -0.05) is 110 Å². The van der Waals surface area contributed by atoms with E-state index in [2.05, 4.69) is 71.7 Å². The number of nitrogens with zero attached hydrogens (tertiary/aromatic N) is 5. The molecule has 1 amide bonds. The summed E-state index contributed by atoms with van der Waals surface area (Å²) in [6.45, 7) is 21.8. The van der Waals surface area contributed by atoms with Crippen LogP contribution in [0.1, 0.15) is 104 Å². The van der Waals surface area contributed by atoms with Gasteiger partial charge in [-0.2, -0.15) is 4.98 Å². The lowest BCUT2D eigenvalue weighted by molar-refractivity contribution is -0.229. The van der Waals surface area contributed by atoms with Crippen molar-refractivity contribution in [2.45, 2.75) is 135 Å². The number of rotatable bonds is 28. The molecule has 0 radical (unpaired) electrons. The van der Waals surface area contributed by atoms with Crippen molar-refractivity contribution in [1.29, 1.82) is 0 Å². The molecule has 25 heteroatoms. The first kappa shape index (κ1) is 66.6. The van der Waals surface area contributed by atoms with Gasteiger partial charge in [0.2, 0.25) is 11.9 Å². The van der Waals surface area contributed by atoms with Crippen LogP contribution in [-0.2, 0) is 57.6 Å². The molecule has 2 aliphatic rings. The van der Waals surface area contributed by atoms with Gasteiger partial charge >= 0.3 is 17.6 Å². The second-order valence-corrected chi connectivity index (χ2v) is 29.1. The zero-order valence-electron chi connectivity index (χ0n) is 52.5. The molecule has 0 saturated carbocycles. The van der Waals surface area contributed by atoms with Crippen LogP contribution in [0.5, 0.6) is 11.5 Å². The van der Waals surface area contributed by atoms with Crippen molar-refractivity contribution in [3.05, 3.63) is 145 Å². The number of carbonyl (C=O) groups is 3. The standard InChI is InChI=1S/C63H84N8O16Si/c1-38(2)56(74)66-60-65-55-52(58(76)67-60)64-37-71(55)59-54(85-44(11)73)53(84-43(10)72)50(86-59)33-81-30-29-80-28-27-69-32-51(70-31-42(9)57(75)68-61(70)77)87-62(34-69,36-83-88(39(3)4,40(5)6)41(7)8)35-82-63(45-17-15-14-16-18-45,46-19-23-48(78-12)24-20-46)47-21-25-49(79-13)26-22-47/h14-26,31,37-41,50-51,53-54,59H,27-30,32-36H2,1-13H3,(H,68,75,77)(H2,65,66,67,74,76)/t50-,51-,53-,54-,59-,62+/m1/s1. The van der Waals surface area contributed by atoms with Gasteiger partial charge in [0.25, 0.3) is 11.1 Å². The molecular weight excluding hydrogens is 1150 g/mol. The number of fused-ring (bicyclic) bond motifs is 1. The van der Waals surface area contributed by atoms with Gasteiger partial charge in [-0.3, -0.25) is 53.3 Å². The highest BCUT2D eigenvalue weighted by atomic mass is 28.4. The Morgan fingerprint density at radius 1 is 0.750 bits per heavy atom. The second-order valence-electron chi connectivity index (χ2n) is 23.7. The number of aromatic nitrogens is 6. The number of hydrogen-bond acceptors (Lipinski definition) is 19. The van der Waals surface area contributed by atoms with Crippen LogP contribution in [0.15, 0.2) is 106 Å². The molecule has 2 aliphatic heterocycles. The summed E-state index contributed by atoms with van der Waals surface area (Å²) in [7, 11) is 0.599. The number of nitrogens with one attached hydrogen (secondary N) is 3. The average Bonchev–Trinajstić information content (AvgIpc) is 1.06. The monoisotopic (exact) mass is 1240 g/mol. The summed E-state index contributed by atoms with van der Waals surface area (Å²) in [5.41, 5.74) is -1.05. The number of imidazole rings is 1. The lowest BCUT2D eigenvalue weighted by atomic mass is 9.79. The zero-order valence-corrected chi connectivity index (χ0v) is 53.5. The second kappa shape index (κ2) is 28.9. The number of hydrogen-bond donors (Lipinski definition) is 3. The van der Waals surface area contributed by atoms with Crippen LogP contribution < -0.4 is 31.6 Å². The van der Waals surface area contributed by atoms with E-state index in [9.17, 15) is 28.8 Å². The first-order valence-corrected chi connectivity index (χ1v) is 31.9. The molecule has 0 aliphatic carbocycles. The number of aryl methyl sites for hydroxylation is 1. The minimum atomic E-state index is -2.64. The lowest BCUT2D eigenvalue weighted by Gasteiger charge is -2.50. The number of benzene rings is 3. The number of anilines is 1. The summed E-state index contributed by atoms with van der Waals surface area (Å²) in [6, 6.07) is 25.5. The third kappa shape index (κ3) is 14.7. The van der Waals surface area contributed by atoms with Gasteiger partial charge in [-0.05, 0) is 64.5 Å². The van der Waals surface area contributed by atoms with Crippen molar-refractivity contribution in [3.63, 3.8) is 0 Å². The predicted octanol–water partition coefficient (Wildman–Crippen LogP) is 7.15. The molecule has 3 N–H and O–H groups in total. The number of esters is 2. The van der Waals surface area contributed by atoms with Crippen LogP contribution in [-0.4, -0.2) is 158 Å². The van der Waals surface area contributed by atoms with E-state index in [0.29, 0.717) is 23.6 Å². The topological polar surface area (TPSA) is 277 Å². The number of amides is 1. The fraction of sp³-hybridized carbons (Fsp3) is 0.524. The number of methoxy groups -OCH3 is 2. The Kier molecular flexibility index (Phi) is 21.8. The van der Waals surface area contributed by atoms with Gasteiger partial charge in [0.15, 0.2) is 44.1 Å². The molecular formula is C63H84N8O16Si. The molecule has 3 aromatic carbocycles. The number of aromatic amines is 2. The van der Waals surface area contributed by atoms with Crippen molar-refractivity contribution >= 4 is 43.3 Å². The highest BCUT2D eigenvalue weighted by molar-refractivity contribution is 6.77. The van der Waals surface area contributed by atoms with Gasteiger partial charge in [-0.15, -0.1) is 0 Å². The van der Waals surface area contributed by atoms with Crippen LogP contribution >= 0.6 is 0 Å². The maximum atomic E-state index is 14.0. The normalized spacial score (nSPS) is 20.1. The van der Waals surface area contributed by atoms with Crippen molar-refractivity contribution < 1.29 is 61.4 Å². The van der Waals surface area contributed by atoms with Gasteiger partial charge in [-0.25, -0.2) is 9.78 Å². The quantitative estimate of drug-likeness (QED) is 0.0190. The van der Waals surface area contributed by atoms with E-state index in [4.69, 9.17) is 47.1 Å². The van der Waals surface area contributed by atoms with Gasteiger partial charge < -0.3 is 47.1 Å². The van der Waals surface area contributed by atoms with Crippen LogP contribution in [0.2, 0.25) is 16.6 Å². The Bertz CT molecular complexity index is 3450. The molecule has 6 aromatic rings. The summed E-state index contributed by atoms with van der Waals surface area (Å²) >= 11 is 0. The number of H-pyrrole nitrogens is 2. The molecule has 88 heavy (non-hydrogen) atoms. The van der Waals surface area contributed by atoms with Crippen LogP contribution in [0.4, 0.5) is 5.95 Å². The molecule has 0 spiro atoms. The van der Waals surface area contributed by atoms with E-state index in [1.807, 2.05) is 78.9 Å². The molecule has 8 rings (SSSR count). The number of carbonyl (C=O) groups excluding carboxylic acids is 3. The summed E-state index contributed by atoms with van der Waals surface area (Å²) < 4.78 is 67.0. The Hall–Kier alpha value is -7.36. The summed E-state index contributed by atoms with van der Waals surface area (Å²) in [5, 5.41) is 2.58. The third-order valence-corrected chi connectivity index (χ3v) is 22.4. The largest absolute Gasteiger partial charge is 0.497 e. The Morgan fingerprint density at radius 2 is 1.34 bits per heavy atom. The van der Waals surface area contributed by atoms with E-state index in [1.54, 1.807) is 35.0 Å². The van der Waals surface area contributed by atoms with Crippen molar-refractivity contribution in [2.75, 3.05) is 78.8 Å². The molecule has 2 fully saturated rings. The first-order chi connectivity index (χ1) is 41.9. The van der Waals surface area contributed by atoms with Crippen molar-refractivity contribution in [3.8, 4) is 11.5 Å². The molecule has 3 aromatic heterocycles. The van der Waals surface area contributed by atoms with Crippen molar-refractivity contribution in [2.24, 2.45) is 5.92 Å². The molecule has 476 valence electrons. The van der Waals surface area contributed by atoms with Gasteiger partial charge in [0, 0.05) is 51.2 Å². The number of ether oxygens (including phenoxy) is 9. The average molecular weight is 1240 g/mol. The summed E-state index contributed by atoms with van der Waals surface area (Å²) in [4.78, 5) is 93.6. The zero-order chi connectivity index (χ0) is 63.7. The van der Waals surface area contributed by atoms with E-state index >= 15 is 0 Å². The van der Waals surface area contributed by atoms with Crippen LogP contribution in [0.25, 0.3) is 11.2 Å². The van der Waals surface area contributed by atoms with Crippen LogP contribution in [0, 0.1) is 12.8 Å². The summed E-state index contributed by atoms with van der Waals surface area (Å²) in [6.07, 6.45) is -2.77. The van der Waals surface area contributed by atoms with E-state index in [-0.39, 0.29) is 86.5 Å². The smallest absolute Gasteiger partial charge is 0.330 e. The molecule has 2 saturated heterocycles. The fourth-order valence-electron chi connectivity index (χ4n) is 12.2. The Balaban J connectivity index is 1.08. The van der Waals surface area contributed by atoms with E-state index in [1.165, 1.54) is 35.5 Å². The molecule has 6 atom stereocenters. The lowest BCUT2D eigenvalue weighted by Crippen LogP contribution is -2.62. The molecule has 0 unspecified atom stereocenters. The van der Waals surface area contributed by atoms with E-state index < -0.39 is 90.9 Å². The fourth-order valence-corrected chi connectivity index (χ4v) is 17.7. The summed E-state index contributed by atoms with van der Waals surface area (Å²) in [5.74, 6) is -1.00. The molecule has 5 heterocycles. The maximum Gasteiger partial charge on any atom is 0.330 e. The highest BCUT2D eigenvalue weighted by Crippen LogP contribution is 2.46. The Morgan fingerprint density at radius 3 is 1.92 bits per heavy atom. The van der Waals surface area contributed by atoms with E-state index in [0.717, 1.165) is 16.7 Å². The highest BCUT2D eigenvalue weighted by Gasteiger charge is 2.53. The first-order valence-electron chi connectivity index (χ1n) is 29.7. The van der Waals surface area contributed by atoms with Gasteiger partial charge in [0.1, 0.15) is 28.8 Å². The molecule has 24 nitrogen and oxygen atoms in total. The van der Waals surface area contributed by atoms with Crippen molar-refractivity contribution in [1.82, 2.24) is 34.0 Å². The third-order valence-electron chi connectivity index (χ3n) is 16.4. The van der Waals surface area contributed by atoms with Gasteiger partial charge in [0.05, 0.1) is 60.2 Å². The molecule has 0 bridgehead atoms. The minimum absolute atomic E-state index is 0.00492. The van der Waals surface area contributed by atoms with Crippen LogP contribution in [0.3, 0.4) is 0 Å². The number of morpholine rings is 1.